The van der Waals surface area contributed by atoms with E-state index < -0.39 is 0 Å². The molecule has 0 spiro atoms. The highest BCUT2D eigenvalue weighted by Crippen LogP contribution is 2.12. The molecule has 0 aliphatic carbocycles. The lowest BCUT2D eigenvalue weighted by atomic mass is 10.2. The minimum absolute atomic E-state index is 0.627. The van der Waals surface area contributed by atoms with Gasteiger partial charge in [-0.25, -0.2) is 9.13 Å². The average Bonchev–Trinajstić information content (AvgIpc) is 2.76. The summed E-state index contributed by atoms with van der Waals surface area (Å²) in [5, 5.41) is 0. The molecule has 0 fully saturated rings. The van der Waals surface area contributed by atoms with Gasteiger partial charge in [-0.2, -0.15) is 0 Å². The highest BCUT2D eigenvalue weighted by atomic mass is 16.5. The van der Waals surface area contributed by atoms with Crippen LogP contribution in [0.5, 0.6) is 0 Å². The molecule has 88 valence electrons. The number of rotatable bonds is 5. The van der Waals surface area contributed by atoms with Crippen molar-refractivity contribution in [1.29, 1.82) is 0 Å². The SMILES string of the molecule is C=C(OCCn1cc[n+](C)c1)c1ccccc1. The average molecular weight is 229 g/mol. The maximum absolute atomic E-state index is 5.62. The van der Waals surface area contributed by atoms with Crippen molar-refractivity contribution in [3.8, 4) is 0 Å². The summed E-state index contributed by atoms with van der Waals surface area (Å²) in [7, 11) is 2.00. The number of hydrogen-bond acceptors (Lipinski definition) is 1. The Bertz CT molecular complexity index is 488. The molecular formula is C14H17N2O+. The molecule has 1 aromatic carbocycles. The van der Waals surface area contributed by atoms with Crippen molar-refractivity contribution in [2.24, 2.45) is 7.05 Å². The molecule has 17 heavy (non-hydrogen) atoms. The van der Waals surface area contributed by atoms with Gasteiger partial charge < -0.3 is 4.74 Å². The third kappa shape index (κ3) is 3.21. The van der Waals surface area contributed by atoms with E-state index in [0.29, 0.717) is 6.61 Å². The third-order valence-electron chi connectivity index (χ3n) is 2.55. The maximum Gasteiger partial charge on any atom is 0.243 e. The van der Waals surface area contributed by atoms with Crippen LogP contribution in [0.15, 0.2) is 55.6 Å². The smallest absolute Gasteiger partial charge is 0.243 e. The first-order valence-electron chi connectivity index (χ1n) is 5.64. The standard InChI is InChI=1S/C14H17N2O/c1-13(14-6-4-3-5-7-14)17-11-10-16-9-8-15(2)12-16/h3-9,12H,1,10-11H2,2H3/q+1. The fourth-order valence-electron chi connectivity index (χ4n) is 1.62. The highest BCUT2D eigenvalue weighted by Gasteiger charge is 2.02. The Kier molecular flexibility index (Phi) is 3.60. The zero-order valence-corrected chi connectivity index (χ0v) is 10.0. The molecule has 2 aromatic rings. The molecule has 3 heteroatoms. The Labute approximate surface area is 102 Å². The van der Waals surface area contributed by atoms with Gasteiger partial charge in [-0.15, -0.1) is 0 Å². The van der Waals surface area contributed by atoms with Crippen LogP contribution in [0.4, 0.5) is 0 Å². The zero-order chi connectivity index (χ0) is 12.1. The fraction of sp³-hybridized carbons (Fsp3) is 0.214. The second-order valence-corrected chi connectivity index (χ2v) is 3.95. The van der Waals surface area contributed by atoms with E-state index in [2.05, 4.69) is 11.1 Å². The van der Waals surface area contributed by atoms with Gasteiger partial charge in [0.25, 0.3) is 0 Å². The summed E-state index contributed by atoms with van der Waals surface area (Å²) < 4.78 is 9.70. The van der Waals surface area contributed by atoms with E-state index in [0.717, 1.165) is 17.9 Å². The van der Waals surface area contributed by atoms with Crippen LogP contribution >= 0.6 is 0 Å². The van der Waals surface area contributed by atoms with Crippen molar-refractivity contribution >= 4 is 5.76 Å². The van der Waals surface area contributed by atoms with Crippen molar-refractivity contribution in [3.05, 3.63) is 61.2 Å². The molecule has 0 amide bonds. The molecule has 0 atom stereocenters. The summed E-state index contributed by atoms with van der Waals surface area (Å²) in [6.07, 6.45) is 6.05. The molecule has 1 aromatic heterocycles. The first-order chi connectivity index (χ1) is 8.25. The van der Waals surface area contributed by atoms with E-state index in [1.165, 1.54) is 0 Å². The predicted octanol–water partition coefficient (Wildman–Crippen LogP) is 2.00. The van der Waals surface area contributed by atoms with Gasteiger partial charge in [0, 0.05) is 5.56 Å². The Morgan fingerprint density at radius 2 is 2.12 bits per heavy atom. The molecule has 2 rings (SSSR count). The van der Waals surface area contributed by atoms with Crippen molar-refractivity contribution in [3.63, 3.8) is 0 Å². The Hall–Kier alpha value is -2.03. The van der Waals surface area contributed by atoms with E-state index in [9.17, 15) is 0 Å². The van der Waals surface area contributed by atoms with E-state index in [1.54, 1.807) is 0 Å². The number of ether oxygens (including phenoxy) is 1. The quantitative estimate of drug-likeness (QED) is 0.566. The highest BCUT2D eigenvalue weighted by molar-refractivity contribution is 5.56. The van der Waals surface area contributed by atoms with Gasteiger partial charge in [-0.3, -0.25) is 0 Å². The van der Waals surface area contributed by atoms with Gasteiger partial charge in [0.05, 0.1) is 7.05 Å². The summed E-state index contributed by atoms with van der Waals surface area (Å²) in [5.74, 6) is 0.724. The minimum Gasteiger partial charge on any atom is -0.489 e. The van der Waals surface area contributed by atoms with Gasteiger partial charge in [-0.05, 0) is 0 Å². The molecule has 3 nitrogen and oxygen atoms in total. The van der Waals surface area contributed by atoms with Crippen LogP contribution in [0.2, 0.25) is 0 Å². The summed E-state index contributed by atoms with van der Waals surface area (Å²) >= 11 is 0. The Morgan fingerprint density at radius 1 is 1.35 bits per heavy atom. The molecule has 0 radical (unpaired) electrons. The normalized spacial score (nSPS) is 10.2. The lowest BCUT2D eigenvalue weighted by Gasteiger charge is -2.07. The van der Waals surface area contributed by atoms with E-state index in [4.69, 9.17) is 4.74 Å². The number of imidazole rings is 1. The van der Waals surface area contributed by atoms with E-state index in [1.807, 2.05) is 60.7 Å². The van der Waals surface area contributed by atoms with Crippen LogP contribution in [0.3, 0.4) is 0 Å². The molecule has 0 bridgehead atoms. The summed E-state index contributed by atoms with van der Waals surface area (Å²) in [5.41, 5.74) is 1.03. The van der Waals surface area contributed by atoms with Gasteiger partial charge >= 0.3 is 0 Å². The second-order valence-electron chi connectivity index (χ2n) is 3.95. The van der Waals surface area contributed by atoms with Gasteiger partial charge in [0.2, 0.25) is 6.33 Å². The van der Waals surface area contributed by atoms with Crippen molar-refractivity contribution in [2.45, 2.75) is 6.54 Å². The topological polar surface area (TPSA) is 18.0 Å². The molecule has 0 aliphatic heterocycles. The van der Waals surface area contributed by atoms with Crippen LogP contribution in [0.25, 0.3) is 5.76 Å². The monoisotopic (exact) mass is 229 g/mol. The van der Waals surface area contributed by atoms with Crippen LogP contribution in [-0.2, 0) is 18.3 Å². The van der Waals surface area contributed by atoms with Gasteiger partial charge in [0.15, 0.2) is 0 Å². The zero-order valence-electron chi connectivity index (χ0n) is 10.0. The van der Waals surface area contributed by atoms with Gasteiger partial charge in [0.1, 0.15) is 31.3 Å². The first-order valence-corrected chi connectivity index (χ1v) is 5.64. The summed E-state index contributed by atoms with van der Waals surface area (Å²) in [4.78, 5) is 0. The second kappa shape index (κ2) is 5.34. The van der Waals surface area contributed by atoms with Crippen molar-refractivity contribution in [2.75, 3.05) is 6.61 Å². The third-order valence-corrected chi connectivity index (χ3v) is 2.55. The maximum atomic E-state index is 5.62. The number of hydrogen-bond donors (Lipinski definition) is 0. The van der Waals surface area contributed by atoms with Crippen LogP contribution in [0, 0.1) is 0 Å². The molecule has 1 heterocycles. The predicted molar refractivity (Wildman–Crippen MR) is 67.0 cm³/mol. The first kappa shape index (κ1) is 11.5. The lowest BCUT2D eigenvalue weighted by Crippen LogP contribution is -2.24. The van der Waals surface area contributed by atoms with Crippen molar-refractivity contribution in [1.82, 2.24) is 4.57 Å². The molecular weight excluding hydrogens is 212 g/mol. The van der Waals surface area contributed by atoms with E-state index in [-0.39, 0.29) is 0 Å². The summed E-state index contributed by atoms with van der Waals surface area (Å²) in [6.45, 7) is 5.38. The molecule has 0 aliphatic rings. The summed E-state index contributed by atoms with van der Waals surface area (Å²) in [6, 6.07) is 9.94. The number of nitrogens with zero attached hydrogens (tertiary/aromatic N) is 2. The molecule has 0 N–H and O–H groups in total. The Balaban J connectivity index is 1.81. The molecule has 0 unspecified atom stereocenters. The minimum atomic E-state index is 0.627. The number of benzene rings is 1. The van der Waals surface area contributed by atoms with E-state index >= 15 is 0 Å². The van der Waals surface area contributed by atoms with Crippen LogP contribution in [0.1, 0.15) is 5.56 Å². The molecule has 0 saturated carbocycles. The largest absolute Gasteiger partial charge is 0.489 e. The molecule has 0 saturated heterocycles. The van der Waals surface area contributed by atoms with Gasteiger partial charge in [-0.1, -0.05) is 36.9 Å². The van der Waals surface area contributed by atoms with Crippen LogP contribution in [-0.4, -0.2) is 11.2 Å². The fourth-order valence-corrected chi connectivity index (χ4v) is 1.62. The van der Waals surface area contributed by atoms with Crippen LogP contribution < -0.4 is 4.57 Å². The lowest BCUT2D eigenvalue weighted by molar-refractivity contribution is -0.671. The Morgan fingerprint density at radius 3 is 2.76 bits per heavy atom. The number of aromatic nitrogens is 2. The van der Waals surface area contributed by atoms with Crippen molar-refractivity contribution < 1.29 is 9.30 Å². The number of aryl methyl sites for hydroxylation is 1.